The third kappa shape index (κ3) is 3.75. The molecule has 3 heterocycles. The maximum atomic E-state index is 13.1. The number of hydrogen-bond acceptors (Lipinski definition) is 5. The van der Waals surface area contributed by atoms with Crippen LogP contribution in [0.25, 0.3) is 11.0 Å². The highest BCUT2D eigenvalue weighted by Crippen LogP contribution is 2.29. The molecule has 0 fully saturated rings. The molecule has 144 valence electrons. The van der Waals surface area contributed by atoms with Gasteiger partial charge in [-0.15, -0.1) is 6.58 Å². The van der Waals surface area contributed by atoms with E-state index in [4.69, 9.17) is 14.7 Å². The van der Waals surface area contributed by atoms with Gasteiger partial charge in [-0.2, -0.15) is 0 Å². The fraction of sp³-hybridized carbons (Fsp3) is 0.318. The van der Waals surface area contributed by atoms with Crippen molar-refractivity contribution in [1.29, 1.82) is 0 Å². The number of thioether (sulfide) groups is 1. The van der Waals surface area contributed by atoms with Crippen molar-refractivity contribution >= 4 is 22.8 Å². The molecule has 3 aromatic rings. The van der Waals surface area contributed by atoms with Gasteiger partial charge in [0.1, 0.15) is 0 Å². The first-order chi connectivity index (χ1) is 13.5. The van der Waals surface area contributed by atoms with Crippen LogP contribution in [-0.4, -0.2) is 20.1 Å². The van der Waals surface area contributed by atoms with Gasteiger partial charge in [0, 0.05) is 24.3 Å². The number of benzene rings is 1. The zero-order valence-corrected chi connectivity index (χ0v) is 17.0. The first-order valence-electron chi connectivity index (χ1n) is 9.32. The summed E-state index contributed by atoms with van der Waals surface area (Å²) in [6, 6.07) is 12.1. The van der Waals surface area contributed by atoms with Crippen LogP contribution in [0, 0.1) is 0 Å². The molecule has 4 rings (SSSR count). The van der Waals surface area contributed by atoms with Crippen LogP contribution in [0.15, 0.2) is 59.0 Å². The highest BCUT2D eigenvalue weighted by molar-refractivity contribution is 7.98. The number of ether oxygens (including phenoxy) is 1. The average molecular weight is 394 g/mol. The Morgan fingerprint density at radius 2 is 2.07 bits per heavy atom. The molecule has 0 unspecified atom stereocenters. The van der Waals surface area contributed by atoms with E-state index in [9.17, 15) is 4.79 Å². The highest BCUT2D eigenvalue weighted by Gasteiger charge is 2.28. The average Bonchev–Trinajstić information content (AvgIpc) is 2.68. The Morgan fingerprint density at radius 1 is 1.29 bits per heavy atom. The third-order valence-electron chi connectivity index (χ3n) is 4.81. The predicted molar refractivity (Wildman–Crippen MR) is 113 cm³/mol. The largest absolute Gasteiger partial charge is 0.370 e. The summed E-state index contributed by atoms with van der Waals surface area (Å²) in [6.45, 7) is 8.78. The molecule has 0 saturated heterocycles. The van der Waals surface area contributed by atoms with Crippen LogP contribution in [-0.2, 0) is 30.1 Å². The van der Waals surface area contributed by atoms with Crippen molar-refractivity contribution in [2.24, 2.45) is 0 Å². The van der Waals surface area contributed by atoms with Gasteiger partial charge in [-0.3, -0.25) is 9.36 Å². The molecule has 0 amide bonds. The van der Waals surface area contributed by atoms with Crippen molar-refractivity contribution in [3.8, 4) is 0 Å². The summed E-state index contributed by atoms with van der Waals surface area (Å²) in [6.07, 6.45) is 2.43. The monoisotopic (exact) mass is 393 g/mol. The van der Waals surface area contributed by atoms with E-state index < -0.39 is 0 Å². The maximum absolute atomic E-state index is 13.1. The van der Waals surface area contributed by atoms with E-state index in [1.165, 1.54) is 5.56 Å². The van der Waals surface area contributed by atoms with Crippen molar-refractivity contribution in [1.82, 2.24) is 14.5 Å². The molecule has 5 nitrogen and oxygen atoms in total. The van der Waals surface area contributed by atoms with Crippen LogP contribution in [0.5, 0.6) is 0 Å². The molecule has 28 heavy (non-hydrogen) atoms. The molecular formula is C22H23N3O2S. The topological polar surface area (TPSA) is 57.0 Å². The minimum Gasteiger partial charge on any atom is -0.370 e. The van der Waals surface area contributed by atoms with E-state index in [1.54, 1.807) is 22.4 Å². The molecule has 0 atom stereocenters. The minimum absolute atomic E-state index is 0.0828. The first-order valence-corrected chi connectivity index (χ1v) is 10.3. The number of pyridine rings is 1. The number of rotatable bonds is 5. The number of hydrogen-bond donors (Lipinski definition) is 0. The van der Waals surface area contributed by atoms with Crippen LogP contribution >= 0.6 is 11.8 Å². The van der Waals surface area contributed by atoms with Crippen LogP contribution in [0.3, 0.4) is 0 Å². The molecule has 1 aliphatic heterocycles. The maximum Gasteiger partial charge on any atom is 0.263 e. The molecule has 0 saturated carbocycles. The molecule has 0 bridgehead atoms. The van der Waals surface area contributed by atoms with Gasteiger partial charge in [-0.05, 0) is 25.5 Å². The van der Waals surface area contributed by atoms with Gasteiger partial charge < -0.3 is 4.74 Å². The summed E-state index contributed by atoms with van der Waals surface area (Å²) in [5.74, 6) is 0.738. The fourth-order valence-corrected chi connectivity index (χ4v) is 4.29. The molecule has 0 radical (unpaired) electrons. The Morgan fingerprint density at radius 3 is 2.82 bits per heavy atom. The third-order valence-corrected chi connectivity index (χ3v) is 5.86. The standard InChI is InChI=1S/C22H23N3O2S/c1-4-10-25-20(26)17-11-16-13-27-22(2,3)12-18(16)23-19(17)24-21(25)28-14-15-8-6-5-7-9-15/h4-9,11H,1,10,12-14H2,2-3H3. The summed E-state index contributed by atoms with van der Waals surface area (Å²) in [5.41, 5.74) is 3.30. The van der Waals surface area contributed by atoms with Crippen molar-refractivity contribution < 1.29 is 4.74 Å². The van der Waals surface area contributed by atoms with Crippen LogP contribution in [0.1, 0.15) is 30.7 Å². The Bertz CT molecular complexity index is 1090. The molecule has 6 heteroatoms. The molecule has 0 spiro atoms. The van der Waals surface area contributed by atoms with Crippen LogP contribution < -0.4 is 5.56 Å². The summed E-state index contributed by atoms with van der Waals surface area (Å²) in [4.78, 5) is 22.6. The SMILES string of the molecule is C=CCn1c(SCc2ccccc2)nc2nc3c(cc2c1=O)COC(C)(C)C3. The molecule has 0 N–H and O–H groups in total. The lowest BCUT2D eigenvalue weighted by Gasteiger charge is -2.31. The highest BCUT2D eigenvalue weighted by atomic mass is 32.2. The summed E-state index contributed by atoms with van der Waals surface area (Å²) in [5, 5.41) is 1.20. The zero-order valence-electron chi connectivity index (χ0n) is 16.1. The Kier molecular flexibility index (Phi) is 5.08. The van der Waals surface area contributed by atoms with Gasteiger partial charge in [0.15, 0.2) is 10.8 Å². The van der Waals surface area contributed by atoms with Gasteiger partial charge in [-0.1, -0.05) is 48.2 Å². The molecule has 2 aromatic heterocycles. The Labute approximate surface area is 168 Å². The number of allylic oxidation sites excluding steroid dienone is 1. The number of fused-ring (bicyclic) bond motifs is 2. The second kappa shape index (κ2) is 7.53. The fourth-order valence-electron chi connectivity index (χ4n) is 3.34. The quantitative estimate of drug-likeness (QED) is 0.371. The molecule has 1 aromatic carbocycles. The minimum atomic E-state index is -0.254. The molecular weight excluding hydrogens is 370 g/mol. The molecule has 0 aliphatic carbocycles. The summed E-state index contributed by atoms with van der Waals surface area (Å²) in [7, 11) is 0. The van der Waals surface area contributed by atoms with Crippen molar-refractivity contribution in [3.63, 3.8) is 0 Å². The second-order valence-corrected chi connectivity index (χ2v) is 8.51. The predicted octanol–water partition coefficient (Wildman–Crippen LogP) is 4.12. The number of aromatic nitrogens is 3. The van der Waals surface area contributed by atoms with Crippen LogP contribution in [0.4, 0.5) is 0 Å². The van der Waals surface area contributed by atoms with Crippen molar-refractivity contribution in [2.75, 3.05) is 0 Å². The van der Waals surface area contributed by atoms with Gasteiger partial charge >= 0.3 is 0 Å². The van der Waals surface area contributed by atoms with Crippen LogP contribution in [0.2, 0.25) is 0 Å². The Balaban J connectivity index is 1.78. The van der Waals surface area contributed by atoms with Gasteiger partial charge in [-0.25, -0.2) is 9.97 Å². The lowest BCUT2D eigenvalue weighted by atomic mass is 9.95. The normalized spacial score (nSPS) is 15.4. The van der Waals surface area contributed by atoms with E-state index in [-0.39, 0.29) is 11.2 Å². The van der Waals surface area contributed by atoms with E-state index in [1.807, 2.05) is 24.3 Å². The summed E-state index contributed by atoms with van der Waals surface area (Å²) < 4.78 is 7.55. The first kappa shape index (κ1) is 18.9. The van der Waals surface area contributed by atoms with Gasteiger partial charge in [0.2, 0.25) is 0 Å². The van der Waals surface area contributed by atoms with Crippen molar-refractivity contribution in [2.45, 2.75) is 49.9 Å². The molecule has 1 aliphatic rings. The van der Waals surface area contributed by atoms with E-state index >= 15 is 0 Å². The Hall–Kier alpha value is -2.44. The van der Waals surface area contributed by atoms with E-state index in [0.717, 1.165) is 17.0 Å². The zero-order chi connectivity index (χ0) is 19.7. The van der Waals surface area contributed by atoms with E-state index in [0.29, 0.717) is 35.8 Å². The second-order valence-electron chi connectivity index (χ2n) is 7.56. The van der Waals surface area contributed by atoms with Gasteiger partial charge in [0.05, 0.1) is 23.3 Å². The number of nitrogens with zero attached hydrogens (tertiary/aromatic N) is 3. The summed E-state index contributed by atoms with van der Waals surface area (Å²) >= 11 is 1.55. The lowest BCUT2D eigenvalue weighted by molar-refractivity contribution is -0.0411. The van der Waals surface area contributed by atoms with Gasteiger partial charge in [0.25, 0.3) is 5.56 Å². The van der Waals surface area contributed by atoms with Crippen molar-refractivity contribution in [3.05, 3.63) is 76.2 Å². The van der Waals surface area contributed by atoms with E-state index in [2.05, 4.69) is 32.6 Å². The lowest BCUT2D eigenvalue weighted by Crippen LogP contribution is -2.33. The smallest absolute Gasteiger partial charge is 0.263 e.